The van der Waals surface area contributed by atoms with Crippen molar-refractivity contribution in [3.63, 3.8) is 0 Å². The third-order valence-electron chi connectivity index (χ3n) is 1.59. The number of carbonyl (C=O) groups is 1. The van der Waals surface area contributed by atoms with Crippen molar-refractivity contribution in [3.05, 3.63) is 0 Å². The van der Waals surface area contributed by atoms with Crippen LogP contribution in [0, 0.1) is 0 Å². The van der Waals surface area contributed by atoms with Crippen LogP contribution in [0.5, 0.6) is 0 Å². The van der Waals surface area contributed by atoms with Crippen molar-refractivity contribution < 1.29 is 19.0 Å². The van der Waals surface area contributed by atoms with Crippen molar-refractivity contribution in [2.75, 3.05) is 20.5 Å². The van der Waals surface area contributed by atoms with Crippen LogP contribution in [0.15, 0.2) is 0 Å². The van der Waals surface area contributed by atoms with Crippen LogP contribution < -0.4 is 0 Å². The highest BCUT2D eigenvalue weighted by Crippen LogP contribution is 2.09. The number of methoxy groups -OCH3 is 1. The standard InChI is InChI=1S/C7H12O4/c1-9-7(8)4-6-2-3-10-5-11-6/h6H,2-5H2,1H3. The van der Waals surface area contributed by atoms with Gasteiger partial charge in [-0.1, -0.05) is 0 Å². The summed E-state index contributed by atoms with van der Waals surface area (Å²) in [5.41, 5.74) is 0. The van der Waals surface area contributed by atoms with Gasteiger partial charge in [-0.2, -0.15) is 0 Å². The van der Waals surface area contributed by atoms with E-state index in [9.17, 15) is 4.79 Å². The molecule has 64 valence electrons. The van der Waals surface area contributed by atoms with Gasteiger partial charge in [0, 0.05) is 0 Å². The van der Waals surface area contributed by atoms with Crippen LogP contribution in [0.3, 0.4) is 0 Å². The number of rotatable bonds is 2. The van der Waals surface area contributed by atoms with Crippen LogP contribution in [-0.2, 0) is 19.0 Å². The summed E-state index contributed by atoms with van der Waals surface area (Å²) in [7, 11) is 1.38. The molecule has 0 aliphatic carbocycles. The highest BCUT2D eigenvalue weighted by Gasteiger charge is 2.17. The van der Waals surface area contributed by atoms with E-state index in [1.165, 1.54) is 7.11 Å². The number of hydrogen-bond acceptors (Lipinski definition) is 4. The quantitative estimate of drug-likeness (QED) is 0.545. The first-order valence-electron chi connectivity index (χ1n) is 3.59. The zero-order chi connectivity index (χ0) is 8.10. The topological polar surface area (TPSA) is 44.8 Å². The minimum absolute atomic E-state index is 0.0174. The Bertz CT molecular complexity index is 128. The normalized spacial score (nSPS) is 24.6. The van der Waals surface area contributed by atoms with E-state index in [4.69, 9.17) is 9.47 Å². The van der Waals surface area contributed by atoms with Gasteiger partial charge in [0.2, 0.25) is 0 Å². The smallest absolute Gasteiger partial charge is 0.308 e. The molecule has 1 heterocycles. The molecule has 1 atom stereocenters. The third kappa shape index (κ3) is 2.86. The van der Waals surface area contributed by atoms with Gasteiger partial charge in [-0.3, -0.25) is 4.79 Å². The average Bonchev–Trinajstić information content (AvgIpc) is 2.06. The van der Waals surface area contributed by atoms with Gasteiger partial charge in [0.1, 0.15) is 6.79 Å². The first-order chi connectivity index (χ1) is 5.33. The predicted octanol–water partition coefficient (Wildman–Crippen LogP) is 0.312. The Morgan fingerprint density at radius 2 is 2.55 bits per heavy atom. The summed E-state index contributed by atoms with van der Waals surface area (Å²) in [6.07, 6.45) is 1.09. The fourth-order valence-electron chi connectivity index (χ4n) is 0.932. The fourth-order valence-corrected chi connectivity index (χ4v) is 0.932. The van der Waals surface area contributed by atoms with Crippen molar-refractivity contribution in [1.29, 1.82) is 0 Å². The van der Waals surface area contributed by atoms with Gasteiger partial charge < -0.3 is 14.2 Å². The van der Waals surface area contributed by atoms with E-state index in [-0.39, 0.29) is 12.1 Å². The van der Waals surface area contributed by atoms with Crippen LogP contribution in [0.25, 0.3) is 0 Å². The van der Waals surface area contributed by atoms with Crippen molar-refractivity contribution in [2.24, 2.45) is 0 Å². The molecule has 0 bridgehead atoms. The van der Waals surface area contributed by atoms with Crippen molar-refractivity contribution >= 4 is 5.97 Å². The van der Waals surface area contributed by atoms with Gasteiger partial charge in [0.25, 0.3) is 0 Å². The molecule has 0 saturated carbocycles. The van der Waals surface area contributed by atoms with E-state index >= 15 is 0 Å². The molecule has 0 amide bonds. The molecular weight excluding hydrogens is 148 g/mol. The van der Waals surface area contributed by atoms with Crippen LogP contribution in [0.4, 0.5) is 0 Å². The van der Waals surface area contributed by atoms with E-state index in [0.29, 0.717) is 19.8 Å². The molecule has 0 aromatic rings. The molecule has 1 aliphatic rings. The molecule has 4 nitrogen and oxygen atoms in total. The second-order valence-electron chi connectivity index (χ2n) is 2.38. The Morgan fingerprint density at radius 1 is 1.73 bits per heavy atom. The Kier molecular flexibility index (Phi) is 3.32. The summed E-state index contributed by atoms with van der Waals surface area (Å²) in [5.74, 6) is -0.225. The molecule has 11 heavy (non-hydrogen) atoms. The summed E-state index contributed by atoms with van der Waals surface area (Å²) in [6.45, 7) is 0.962. The van der Waals surface area contributed by atoms with E-state index in [2.05, 4.69) is 4.74 Å². The van der Waals surface area contributed by atoms with Gasteiger partial charge >= 0.3 is 5.97 Å². The zero-order valence-electron chi connectivity index (χ0n) is 6.54. The van der Waals surface area contributed by atoms with E-state index < -0.39 is 0 Å². The molecular formula is C7H12O4. The van der Waals surface area contributed by atoms with Crippen molar-refractivity contribution in [2.45, 2.75) is 18.9 Å². The summed E-state index contributed by atoms with van der Waals surface area (Å²) >= 11 is 0. The molecule has 4 heteroatoms. The maximum absolute atomic E-state index is 10.7. The van der Waals surface area contributed by atoms with Gasteiger partial charge in [0.15, 0.2) is 0 Å². The molecule has 0 aromatic heterocycles. The minimum Gasteiger partial charge on any atom is -0.469 e. The molecule has 1 unspecified atom stereocenters. The minimum atomic E-state index is -0.225. The van der Waals surface area contributed by atoms with Gasteiger partial charge in [-0.25, -0.2) is 0 Å². The lowest BCUT2D eigenvalue weighted by atomic mass is 10.2. The molecule has 0 N–H and O–H groups in total. The summed E-state index contributed by atoms with van der Waals surface area (Å²) < 4.78 is 14.6. The second-order valence-corrected chi connectivity index (χ2v) is 2.38. The molecule has 0 spiro atoms. The van der Waals surface area contributed by atoms with Gasteiger partial charge in [0.05, 0.1) is 26.2 Å². The zero-order valence-corrected chi connectivity index (χ0v) is 6.54. The maximum Gasteiger partial charge on any atom is 0.308 e. The van der Waals surface area contributed by atoms with Crippen LogP contribution in [-0.4, -0.2) is 32.6 Å². The number of carbonyl (C=O) groups excluding carboxylic acids is 1. The molecule has 0 aromatic carbocycles. The van der Waals surface area contributed by atoms with Gasteiger partial charge in [-0.05, 0) is 6.42 Å². The second kappa shape index (κ2) is 4.31. The fraction of sp³-hybridized carbons (Fsp3) is 0.857. The lowest BCUT2D eigenvalue weighted by Gasteiger charge is -2.21. The van der Waals surface area contributed by atoms with Crippen LogP contribution in [0.2, 0.25) is 0 Å². The summed E-state index contributed by atoms with van der Waals surface area (Å²) in [5, 5.41) is 0. The highest BCUT2D eigenvalue weighted by atomic mass is 16.7. The lowest BCUT2D eigenvalue weighted by Crippen LogP contribution is -2.26. The van der Waals surface area contributed by atoms with E-state index in [1.54, 1.807) is 0 Å². The molecule has 0 radical (unpaired) electrons. The number of hydrogen-bond donors (Lipinski definition) is 0. The van der Waals surface area contributed by atoms with E-state index in [0.717, 1.165) is 6.42 Å². The summed E-state index contributed by atoms with van der Waals surface area (Å²) in [6, 6.07) is 0. The Labute approximate surface area is 65.4 Å². The number of esters is 1. The van der Waals surface area contributed by atoms with Crippen molar-refractivity contribution in [1.82, 2.24) is 0 Å². The Hall–Kier alpha value is -0.610. The first kappa shape index (κ1) is 8.49. The Balaban J connectivity index is 2.19. The Morgan fingerprint density at radius 3 is 3.09 bits per heavy atom. The monoisotopic (exact) mass is 160 g/mol. The van der Waals surface area contributed by atoms with E-state index in [1.807, 2.05) is 0 Å². The molecule has 1 rings (SSSR count). The molecule has 1 aliphatic heterocycles. The molecule has 1 saturated heterocycles. The highest BCUT2D eigenvalue weighted by molar-refractivity contribution is 5.69. The largest absolute Gasteiger partial charge is 0.469 e. The SMILES string of the molecule is COC(=O)CC1CCOCO1. The van der Waals surface area contributed by atoms with Crippen LogP contribution >= 0.6 is 0 Å². The van der Waals surface area contributed by atoms with Crippen molar-refractivity contribution in [3.8, 4) is 0 Å². The third-order valence-corrected chi connectivity index (χ3v) is 1.59. The van der Waals surface area contributed by atoms with Gasteiger partial charge in [-0.15, -0.1) is 0 Å². The van der Waals surface area contributed by atoms with Crippen LogP contribution in [0.1, 0.15) is 12.8 Å². The summed E-state index contributed by atoms with van der Waals surface area (Å²) in [4.78, 5) is 10.7. The maximum atomic E-state index is 10.7. The lowest BCUT2D eigenvalue weighted by molar-refractivity contribution is -0.160. The number of ether oxygens (including phenoxy) is 3. The predicted molar refractivity (Wildman–Crippen MR) is 36.9 cm³/mol. The molecule has 1 fully saturated rings. The average molecular weight is 160 g/mol. The first-order valence-corrected chi connectivity index (χ1v) is 3.59.